The zero-order valence-corrected chi connectivity index (χ0v) is 52.2. The second kappa shape index (κ2) is 24.3. The fourth-order valence-corrected chi connectivity index (χ4v) is 23.8. The van der Waals surface area contributed by atoms with Crippen molar-refractivity contribution in [1.82, 2.24) is 10.6 Å². The number of esters is 1. The number of nitrogens with one attached hydrogen (secondary N) is 2. The minimum absolute atomic E-state index is 0.00243. The van der Waals surface area contributed by atoms with Crippen LogP contribution in [-0.2, 0) is 27.1 Å². The van der Waals surface area contributed by atoms with Gasteiger partial charge in [0.2, 0.25) is 12.0 Å². The highest BCUT2D eigenvalue weighted by Crippen LogP contribution is 2.71. The molecule has 7 fully saturated rings. The number of aliphatic hydroxyl groups is 7. The van der Waals surface area contributed by atoms with Gasteiger partial charge >= 0.3 is 5.97 Å². The molecule has 20 unspecified atom stereocenters. The van der Waals surface area contributed by atoms with E-state index in [1.54, 1.807) is 36.1 Å². The Morgan fingerprint density at radius 1 is 0.884 bits per heavy atom. The maximum absolute atomic E-state index is 14.0. The van der Waals surface area contributed by atoms with Gasteiger partial charge in [0.1, 0.15) is 23.9 Å². The monoisotopic (exact) mass is 1220 g/mol. The molecule has 86 heavy (non-hydrogen) atoms. The van der Waals surface area contributed by atoms with Crippen molar-refractivity contribution in [3.63, 3.8) is 0 Å². The molecule has 0 amide bonds. The van der Waals surface area contributed by atoms with Crippen molar-refractivity contribution in [2.75, 3.05) is 39.2 Å². The summed E-state index contributed by atoms with van der Waals surface area (Å²) in [6.07, 6.45) is 13.5. The van der Waals surface area contributed by atoms with Crippen LogP contribution in [0.15, 0.2) is 77.4 Å². The van der Waals surface area contributed by atoms with Gasteiger partial charge in [0, 0.05) is 59.4 Å². The molecule has 3 spiro atoms. The van der Waals surface area contributed by atoms with Gasteiger partial charge in [-0.05, 0) is 198 Å². The number of aliphatic hydroxyl groups excluding tert-OH is 4. The van der Waals surface area contributed by atoms with Gasteiger partial charge in [-0.2, -0.15) is 0 Å². The van der Waals surface area contributed by atoms with Crippen LogP contribution in [0, 0.1) is 52.8 Å². The molecular weight excluding hydrogens is 1130 g/mol. The summed E-state index contributed by atoms with van der Waals surface area (Å²) in [6.45, 7) is 4.32. The summed E-state index contributed by atoms with van der Waals surface area (Å²) in [4.78, 5) is 13.2. The van der Waals surface area contributed by atoms with Crippen LogP contribution >= 0.6 is 21.6 Å². The number of benzene rings is 3. The summed E-state index contributed by atoms with van der Waals surface area (Å²) in [5.74, 6) is -0.935. The van der Waals surface area contributed by atoms with Crippen molar-refractivity contribution in [1.29, 1.82) is 0 Å². The Kier molecular flexibility index (Phi) is 17.4. The van der Waals surface area contributed by atoms with Crippen molar-refractivity contribution >= 4 is 49.3 Å². The van der Waals surface area contributed by atoms with Crippen LogP contribution in [0.25, 0.3) is 21.7 Å². The van der Waals surface area contributed by atoms with Gasteiger partial charge in [-0.15, -0.1) is 0 Å². The minimum Gasteiger partial charge on any atom is -0.485 e. The van der Waals surface area contributed by atoms with Crippen molar-refractivity contribution in [3.05, 3.63) is 84.1 Å². The average Bonchev–Trinajstić information content (AvgIpc) is 1.17. The fraction of sp³-hybridized carbons (Fsp3) is 0.696. The maximum Gasteiger partial charge on any atom is 0.306 e. The van der Waals surface area contributed by atoms with E-state index in [2.05, 4.69) is 67.1 Å². The molecule has 9 N–H and O–H groups in total. The third kappa shape index (κ3) is 10.6. The number of furan rings is 1. The molecule has 3 aliphatic heterocycles. The van der Waals surface area contributed by atoms with Gasteiger partial charge in [-0.3, -0.25) is 4.79 Å². The number of fused-ring (bicyclic) bond motifs is 13. The summed E-state index contributed by atoms with van der Waals surface area (Å²) in [6, 6.07) is 19.4. The Bertz CT molecular complexity index is 3110. The quantitative estimate of drug-likeness (QED) is 0.0387. The largest absolute Gasteiger partial charge is 0.485 e. The standard InChI is InChI=1S/C69H94N2O13S2/c1-4-80-57(75)21-17-46-34-47-24-30-81-59(47)61-60(46)83-63-69(79)58-49(16-19-53(73)51(58)39-72)37-67(78,62(69)76)68(84-63)40-85-86-66(55(71-29-31-82-61)20-12-41(2)8-7-11-56(68)74)28-27-64(36-48-15-18-52(70-3)50(48)38-64)54(66)23-26-65(77)25-22-43(35-65)32-42-13-14-44-9-5-6-10-45(44)33-42/h5-6,9-10,13-14,16,19,24,30,33-34,41,43,48-56,58,62-63,70-74,76-79H,4,7-8,11-12,15,17-18,20-23,25-29,31-32,35-40H2,1-3H3. The predicted octanol–water partition coefficient (Wildman–Crippen LogP) is 9.34. The van der Waals surface area contributed by atoms with Gasteiger partial charge in [0.15, 0.2) is 16.9 Å². The van der Waals surface area contributed by atoms with Crippen LogP contribution in [0.2, 0.25) is 0 Å². The van der Waals surface area contributed by atoms with E-state index in [1.165, 1.54) is 29.2 Å². The van der Waals surface area contributed by atoms with Crippen LogP contribution in [0.1, 0.15) is 141 Å². The number of allylic oxidation sites excluding steroid dienone is 1. The van der Waals surface area contributed by atoms with Crippen LogP contribution in [0.3, 0.4) is 0 Å². The van der Waals surface area contributed by atoms with E-state index in [-0.39, 0.29) is 79.4 Å². The Hall–Kier alpha value is -3.43. The van der Waals surface area contributed by atoms with E-state index in [9.17, 15) is 40.5 Å². The van der Waals surface area contributed by atoms with E-state index in [0.717, 1.165) is 77.0 Å². The average molecular weight is 1220 g/mol. The first-order valence-corrected chi connectivity index (χ1v) is 35.2. The van der Waals surface area contributed by atoms with Gasteiger partial charge < -0.3 is 69.7 Å². The molecule has 15 nitrogen and oxygen atoms in total. The van der Waals surface area contributed by atoms with E-state index in [1.807, 2.05) is 22.9 Å². The number of aryl methyl sites for hydroxylation is 1. The lowest BCUT2D eigenvalue weighted by molar-refractivity contribution is -0.424. The molecule has 1 aromatic heterocycles. The number of ether oxygens (including phenoxy) is 4. The first kappa shape index (κ1) is 61.4. The first-order valence-electron chi connectivity index (χ1n) is 32.8. The molecular formula is C69H94N2O13S2. The predicted molar refractivity (Wildman–Crippen MR) is 334 cm³/mol. The summed E-state index contributed by atoms with van der Waals surface area (Å²) in [7, 11) is 5.57. The highest BCUT2D eigenvalue weighted by molar-refractivity contribution is 8.77. The smallest absolute Gasteiger partial charge is 0.306 e. The molecule has 17 heteroatoms. The number of carbonyl (C=O) groups excluding carboxylic acids is 1. The van der Waals surface area contributed by atoms with Crippen molar-refractivity contribution in [2.45, 2.75) is 206 Å². The van der Waals surface area contributed by atoms with Crippen molar-refractivity contribution in [2.24, 2.45) is 52.8 Å². The van der Waals surface area contributed by atoms with E-state index in [4.69, 9.17) is 23.4 Å². The number of hydrogen-bond acceptors (Lipinski definition) is 17. The van der Waals surface area contributed by atoms with Gasteiger partial charge in [-0.25, -0.2) is 0 Å². The van der Waals surface area contributed by atoms with E-state index in [0.29, 0.717) is 59.7 Å². The zero-order valence-electron chi connectivity index (χ0n) is 50.6. The highest BCUT2D eigenvalue weighted by Gasteiger charge is 2.78. The molecule has 2 saturated heterocycles. The van der Waals surface area contributed by atoms with Crippen molar-refractivity contribution < 1.29 is 63.9 Å². The molecule has 13 rings (SSSR count). The normalized spacial score (nSPS) is 42.3. The van der Waals surface area contributed by atoms with Crippen LogP contribution in [-0.4, -0.2) is 145 Å². The Balaban J connectivity index is 0.931. The lowest BCUT2D eigenvalue weighted by atomic mass is 9.50. The molecule has 20 atom stereocenters. The molecule has 6 aliphatic carbocycles. The molecule has 4 aromatic rings. The molecule has 0 radical (unpaired) electrons. The van der Waals surface area contributed by atoms with Crippen LogP contribution in [0.5, 0.6) is 11.5 Å². The fourth-order valence-electron chi connectivity index (χ4n) is 19.6. The molecule has 470 valence electrons. The molecule has 5 saturated carbocycles. The summed E-state index contributed by atoms with van der Waals surface area (Å²) in [5, 5.41) is 101. The number of hydrogen-bond donors (Lipinski definition) is 9. The second-order valence-electron chi connectivity index (χ2n) is 28.4. The summed E-state index contributed by atoms with van der Waals surface area (Å²) in [5.41, 5.74) is -5.40. The SMILES string of the molecule is CCOC(=O)CCc1cc2ccoc2c2c1OC1OC3(CSSC4(CCC5(CC6CCC(NC)C6C5)C4CCC4(O)CCC(Cc5ccc6ccccc6c5)C4)C(CCC(C)CCCC3O)NCCO2)C2(O)CC3C=CC(O)C(CO)C3C1(O)C2O. The molecule has 9 aliphatic rings. The Morgan fingerprint density at radius 3 is 2.56 bits per heavy atom. The maximum atomic E-state index is 14.0. The van der Waals surface area contributed by atoms with Gasteiger partial charge in [-0.1, -0.05) is 96.0 Å². The van der Waals surface area contributed by atoms with Gasteiger partial charge in [0.25, 0.3) is 0 Å². The van der Waals surface area contributed by atoms with Gasteiger partial charge in [0.05, 0.1) is 30.7 Å². The number of carbonyl (C=O) groups is 1. The van der Waals surface area contributed by atoms with E-state index >= 15 is 0 Å². The number of rotatable bonds is 11. The molecule has 5 bridgehead atoms. The summed E-state index contributed by atoms with van der Waals surface area (Å²) >= 11 is 0. The lowest BCUT2D eigenvalue weighted by Crippen LogP contribution is -2.86. The second-order valence-corrected chi connectivity index (χ2v) is 31.0. The zero-order chi connectivity index (χ0) is 59.8. The third-order valence-electron chi connectivity index (χ3n) is 23.8. The minimum atomic E-state index is -2.51. The summed E-state index contributed by atoms with van der Waals surface area (Å²) < 4.78 is 32.9. The highest BCUT2D eigenvalue weighted by atomic mass is 33.1. The van der Waals surface area contributed by atoms with Crippen LogP contribution < -0.4 is 20.1 Å². The Labute approximate surface area is 514 Å². The molecule has 4 heterocycles. The third-order valence-corrected chi connectivity index (χ3v) is 27.2. The van der Waals surface area contributed by atoms with E-state index < -0.39 is 82.1 Å². The molecule has 3 aromatic carbocycles. The lowest BCUT2D eigenvalue weighted by Gasteiger charge is -2.67. The Morgan fingerprint density at radius 2 is 1.73 bits per heavy atom. The first-order chi connectivity index (χ1) is 41.5. The topological polar surface area (TPSA) is 233 Å². The van der Waals surface area contributed by atoms with Crippen LogP contribution in [0.4, 0.5) is 0 Å². The van der Waals surface area contributed by atoms with Crippen molar-refractivity contribution in [3.8, 4) is 11.5 Å².